The molecule has 1 heterocycles. The Morgan fingerprint density at radius 1 is 1.40 bits per heavy atom. The molecule has 20 heavy (non-hydrogen) atoms. The van der Waals surface area contributed by atoms with Gasteiger partial charge in [-0.3, -0.25) is 4.90 Å². The fraction of sp³-hybridized carbons (Fsp3) is 0.625. The van der Waals surface area contributed by atoms with E-state index in [0.717, 1.165) is 56.6 Å². The van der Waals surface area contributed by atoms with Crippen LogP contribution >= 0.6 is 0 Å². The largest absolute Gasteiger partial charge is 0.377 e. The highest BCUT2D eigenvalue weighted by atomic mass is 19.1. The summed E-state index contributed by atoms with van der Waals surface area (Å²) in [4.78, 5) is 2.39. The van der Waals surface area contributed by atoms with Gasteiger partial charge in [-0.05, 0) is 49.1 Å². The minimum absolute atomic E-state index is 0.211. The Morgan fingerprint density at radius 2 is 2.25 bits per heavy atom. The molecule has 112 valence electrons. The van der Waals surface area contributed by atoms with Crippen molar-refractivity contribution >= 4 is 0 Å². The lowest BCUT2D eigenvalue weighted by Crippen LogP contribution is -2.39. The number of hydrogen-bond donors (Lipinski definition) is 1. The van der Waals surface area contributed by atoms with Crippen LogP contribution in [0.4, 0.5) is 4.39 Å². The van der Waals surface area contributed by atoms with Gasteiger partial charge in [0.2, 0.25) is 0 Å². The van der Waals surface area contributed by atoms with Gasteiger partial charge in [-0.2, -0.15) is 0 Å². The minimum Gasteiger partial charge on any atom is -0.377 e. The molecule has 4 heteroatoms. The summed E-state index contributed by atoms with van der Waals surface area (Å²) < 4.78 is 19.1. The molecule has 0 bridgehead atoms. The van der Waals surface area contributed by atoms with E-state index in [0.29, 0.717) is 12.6 Å². The van der Waals surface area contributed by atoms with E-state index in [1.807, 2.05) is 6.07 Å². The van der Waals surface area contributed by atoms with Crippen LogP contribution in [0.15, 0.2) is 18.2 Å². The average molecular weight is 280 g/mol. The number of hydrogen-bond acceptors (Lipinski definition) is 3. The zero-order valence-corrected chi connectivity index (χ0v) is 12.3. The molecule has 1 aromatic rings. The van der Waals surface area contributed by atoms with Crippen LogP contribution in [-0.2, 0) is 17.8 Å². The Hall–Kier alpha value is -0.970. The second kappa shape index (κ2) is 7.72. The van der Waals surface area contributed by atoms with E-state index in [1.54, 1.807) is 6.07 Å². The molecule has 1 unspecified atom stereocenters. The molecule has 0 radical (unpaired) electrons. The molecular formula is C16H25FN2O. The van der Waals surface area contributed by atoms with Crippen LogP contribution < -0.4 is 5.73 Å². The molecule has 0 spiro atoms. The SMILES string of the molecule is CCCOC1CCCN(Cc2ccc(F)cc2CN)C1. The van der Waals surface area contributed by atoms with Crippen molar-refractivity contribution in [1.29, 1.82) is 0 Å². The second-order valence-electron chi connectivity index (χ2n) is 5.49. The number of benzene rings is 1. The Morgan fingerprint density at radius 3 is 3.00 bits per heavy atom. The van der Waals surface area contributed by atoms with Crippen molar-refractivity contribution in [3.05, 3.63) is 35.1 Å². The fourth-order valence-electron chi connectivity index (χ4n) is 2.76. The highest BCUT2D eigenvalue weighted by Gasteiger charge is 2.20. The van der Waals surface area contributed by atoms with Crippen LogP contribution in [0.3, 0.4) is 0 Å². The normalized spacial score (nSPS) is 20.2. The number of likely N-dealkylation sites (tertiary alicyclic amines) is 1. The van der Waals surface area contributed by atoms with E-state index in [9.17, 15) is 4.39 Å². The zero-order valence-electron chi connectivity index (χ0n) is 12.3. The third kappa shape index (κ3) is 4.27. The molecule has 0 amide bonds. The fourth-order valence-corrected chi connectivity index (χ4v) is 2.76. The topological polar surface area (TPSA) is 38.5 Å². The van der Waals surface area contributed by atoms with Crippen LogP contribution in [0.2, 0.25) is 0 Å². The quantitative estimate of drug-likeness (QED) is 0.870. The summed E-state index contributed by atoms with van der Waals surface area (Å²) in [5.74, 6) is -0.211. The van der Waals surface area contributed by atoms with E-state index in [2.05, 4.69) is 11.8 Å². The lowest BCUT2D eigenvalue weighted by atomic mass is 10.0. The molecule has 0 aliphatic carbocycles. The van der Waals surface area contributed by atoms with Gasteiger partial charge in [0.25, 0.3) is 0 Å². The molecule has 0 aromatic heterocycles. The third-order valence-electron chi connectivity index (χ3n) is 3.80. The van der Waals surface area contributed by atoms with Gasteiger partial charge >= 0.3 is 0 Å². The second-order valence-corrected chi connectivity index (χ2v) is 5.49. The lowest BCUT2D eigenvalue weighted by Gasteiger charge is -2.33. The molecule has 2 rings (SSSR count). The summed E-state index contributed by atoms with van der Waals surface area (Å²) in [5, 5.41) is 0. The first-order chi connectivity index (χ1) is 9.72. The first-order valence-corrected chi connectivity index (χ1v) is 7.54. The minimum atomic E-state index is -0.211. The van der Waals surface area contributed by atoms with E-state index in [-0.39, 0.29) is 5.82 Å². The van der Waals surface area contributed by atoms with Gasteiger partial charge in [0.05, 0.1) is 6.10 Å². The molecule has 1 saturated heterocycles. The maximum atomic E-state index is 13.2. The van der Waals surface area contributed by atoms with Crippen LogP contribution in [0.25, 0.3) is 0 Å². The predicted molar refractivity (Wildman–Crippen MR) is 78.8 cm³/mol. The van der Waals surface area contributed by atoms with Crippen molar-refractivity contribution in [2.75, 3.05) is 19.7 Å². The Bertz CT molecular complexity index is 425. The third-order valence-corrected chi connectivity index (χ3v) is 3.80. The van der Waals surface area contributed by atoms with Crippen molar-refractivity contribution in [3.63, 3.8) is 0 Å². The summed E-state index contributed by atoms with van der Waals surface area (Å²) in [7, 11) is 0. The smallest absolute Gasteiger partial charge is 0.123 e. The molecule has 1 aliphatic rings. The van der Waals surface area contributed by atoms with Crippen molar-refractivity contribution in [1.82, 2.24) is 4.90 Å². The highest BCUT2D eigenvalue weighted by molar-refractivity contribution is 5.27. The van der Waals surface area contributed by atoms with Gasteiger partial charge in [0.15, 0.2) is 0 Å². The molecular weight excluding hydrogens is 255 g/mol. The Labute approximate surface area is 120 Å². The van der Waals surface area contributed by atoms with E-state index in [4.69, 9.17) is 10.5 Å². The summed E-state index contributed by atoms with van der Waals surface area (Å²) in [5.41, 5.74) is 7.74. The van der Waals surface area contributed by atoms with Crippen molar-refractivity contribution in [3.8, 4) is 0 Å². The van der Waals surface area contributed by atoms with Crippen LogP contribution in [0.5, 0.6) is 0 Å². The van der Waals surface area contributed by atoms with Crippen molar-refractivity contribution < 1.29 is 9.13 Å². The monoisotopic (exact) mass is 280 g/mol. The standard InChI is InChI=1S/C16H25FN2O/c1-2-8-20-16-4-3-7-19(12-16)11-13-5-6-15(17)9-14(13)10-18/h5-6,9,16H,2-4,7-8,10-12,18H2,1H3. The number of piperidine rings is 1. The van der Waals surface area contributed by atoms with E-state index < -0.39 is 0 Å². The average Bonchev–Trinajstić information content (AvgIpc) is 2.47. The first kappa shape index (κ1) is 15.4. The number of halogens is 1. The number of ether oxygens (including phenoxy) is 1. The van der Waals surface area contributed by atoms with Crippen LogP contribution in [-0.4, -0.2) is 30.7 Å². The molecule has 3 nitrogen and oxygen atoms in total. The summed E-state index contributed by atoms with van der Waals surface area (Å²) >= 11 is 0. The summed E-state index contributed by atoms with van der Waals surface area (Å²) in [6.07, 6.45) is 3.70. The molecule has 2 N–H and O–H groups in total. The van der Waals surface area contributed by atoms with E-state index >= 15 is 0 Å². The van der Waals surface area contributed by atoms with Crippen molar-refractivity contribution in [2.45, 2.75) is 45.4 Å². The van der Waals surface area contributed by atoms with Gasteiger partial charge in [-0.15, -0.1) is 0 Å². The number of rotatable bonds is 6. The van der Waals surface area contributed by atoms with Gasteiger partial charge < -0.3 is 10.5 Å². The predicted octanol–water partition coefficient (Wildman–Crippen LogP) is 2.68. The van der Waals surface area contributed by atoms with Crippen LogP contribution in [0, 0.1) is 5.82 Å². The Balaban J connectivity index is 1.95. The highest BCUT2D eigenvalue weighted by Crippen LogP contribution is 2.19. The Kier molecular flexibility index (Phi) is 5.95. The number of nitrogens with zero attached hydrogens (tertiary/aromatic N) is 1. The zero-order chi connectivity index (χ0) is 14.4. The van der Waals surface area contributed by atoms with E-state index in [1.165, 1.54) is 6.07 Å². The van der Waals surface area contributed by atoms with Gasteiger partial charge in [-0.25, -0.2) is 4.39 Å². The van der Waals surface area contributed by atoms with Gasteiger partial charge in [-0.1, -0.05) is 13.0 Å². The van der Waals surface area contributed by atoms with Gasteiger partial charge in [0.1, 0.15) is 5.82 Å². The molecule has 1 aliphatic heterocycles. The molecule has 1 aromatic carbocycles. The molecule has 1 atom stereocenters. The van der Waals surface area contributed by atoms with Crippen molar-refractivity contribution in [2.24, 2.45) is 5.73 Å². The molecule has 1 fully saturated rings. The van der Waals surface area contributed by atoms with Gasteiger partial charge in [0, 0.05) is 26.2 Å². The molecule has 0 saturated carbocycles. The maximum Gasteiger partial charge on any atom is 0.123 e. The maximum absolute atomic E-state index is 13.2. The summed E-state index contributed by atoms with van der Waals surface area (Å²) in [6, 6.07) is 4.92. The first-order valence-electron chi connectivity index (χ1n) is 7.54. The summed E-state index contributed by atoms with van der Waals surface area (Å²) in [6.45, 7) is 6.22. The lowest BCUT2D eigenvalue weighted by molar-refractivity contribution is -0.00229. The number of nitrogens with two attached hydrogens (primary N) is 1. The van der Waals surface area contributed by atoms with Crippen LogP contribution in [0.1, 0.15) is 37.3 Å².